The number of nitrogen functional groups attached to an aromatic ring is 2. The summed E-state index contributed by atoms with van der Waals surface area (Å²) >= 11 is 1.68. The zero-order valence-electron chi connectivity index (χ0n) is 64.5. The van der Waals surface area contributed by atoms with Crippen LogP contribution in [0.1, 0.15) is 123 Å². The minimum Gasteiger partial charge on any atom is -0.455 e. The van der Waals surface area contributed by atoms with Crippen LogP contribution < -0.4 is 21.2 Å². The monoisotopic (exact) mass is 1670 g/mol. The van der Waals surface area contributed by atoms with Crippen LogP contribution >= 0.6 is 22.7 Å². The quantitative estimate of drug-likeness (QED) is 0.0473. The second-order valence-corrected chi connectivity index (χ2v) is 29.0. The molecule has 9 N–H and O–H groups in total. The van der Waals surface area contributed by atoms with Crippen LogP contribution in [0.25, 0.3) is 20.7 Å². The Morgan fingerprint density at radius 3 is 1.24 bits per heavy atom. The molecule has 7 aliphatic heterocycles. The molecule has 0 amide bonds. The SMILES string of the molecule is CC(=O)OC1O[C@H](COC(=O)OC(C)C)[C@H](OC(C)=O)[C@H]1OC(C)=O.CC(C)OC(=O)OC[C@H]1O[C@@H](n2c(=O)sc3cnc(N)nc32)[C@H](O)[C@H]1O.CC(C)OC(=O)OC[C@H]1O[C@@H]2OC(C)(C)O[C@@H]2[C@H]1O.CC1(C)O[C@H]2O[C@H](CO)[C@H](O)[C@H]2O1.CCOC(=O)OC[C@H]1O[C@@H](n2c(=O)sc3cnc(N)nc32)[C@H](OC(C)=O)[C@H]1OC(C)=O. The number of aromatic nitrogens is 6. The first-order valence-electron chi connectivity index (χ1n) is 35.1. The highest BCUT2D eigenvalue weighted by Crippen LogP contribution is 2.41. The fourth-order valence-corrected chi connectivity index (χ4v) is 13.1. The molecule has 4 aromatic heterocycles. The lowest BCUT2D eigenvalue weighted by Crippen LogP contribution is -2.42. The summed E-state index contributed by atoms with van der Waals surface area (Å²) in [4.78, 5) is 143. The fraction of sp³-hybridized carbons (Fsp3) is 0.712. The highest BCUT2D eigenvalue weighted by atomic mass is 32.1. The average Bonchev–Trinajstić information content (AvgIpc) is 1.61. The van der Waals surface area contributed by atoms with E-state index >= 15 is 0 Å². The maximum Gasteiger partial charge on any atom is 0.508 e. The van der Waals surface area contributed by atoms with Crippen LogP contribution in [0.5, 0.6) is 0 Å². The lowest BCUT2D eigenvalue weighted by molar-refractivity contribution is -0.219. The highest BCUT2D eigenvalue weighted by molar-refractivity contribution is 7.16. The molecule has 0 saturated carbocycles. The summed E-state index contributed by atoms with van der Waals surface area (Å²) in [5.41, 5.74) is 11.5. The molecule has 0 radical (unpaired) electrons. The van der Waals surface area contributed by atoms with Gasteiger partial charge in [-0.05, 0) is 76.2 Å². The van der Waals surface area contributed by atoms with Gasteiger partial charge in [0.25, 0.3) is 0 Å². The molecule has 11 heterocycles. The first kappa shape index (κ1) is 92.2. The van der Waals surface area contributed by atoms with Crippen molar-refractivity contribution in [3.05, 3.63) is 31.7 Å². The summed E-state index contributed by atoms with van der Waals surface area (Å²) in [7, 11) is 0. The van der Waals surface area contributed by atoms with Gasteiger partial charge in [0.2, 0.25) is 24.3 Å². The molecule has 7 fully saturated rings. The number of nitrogens with two attached hydrogens (primary N) is 2. The number of nitrogens with zero attached hydrogens (tertiary/aromatic N) is 6. The molecular formula is C66H94N8O38S2. The largest absolute Gasteiger partial charge is 0.508 e. The zero-order chi connectivity index (χ0) is 84.7. The van der Waals surface area contributed by atoms with Crippen molar-refractivity contribution in [1.29, 1.82) is 0 Å². The fourth-order valence-electron chi connectivity index (χ4n) is 11.5. The number of rotatable bonds is 20. The number of hydrogen-bond acceptors (Lipinski definition) is 46. The van der Waals surface area contributed by atoms with E-state index in [0.717, 1.165) is 66.4 Å². The van der Waals surface area contributed by atoms with Crippen molar-refractivity contribution in [3.63, 3.8) is 0 Å². The number of ether oxygens (including phenoxy) is 22. The Morgan fingerprint density at radius 1 is 0.465 bits per heavy atom. The summed E-state index contributed by atoms with van der Waals surface area (Å²) < 4.78 is 117. The van der Waals surface area contributed by atoms with Crippen LogP contribution in [0.15, 0.2) is 22.0 Å². The lowest BCUT2D eigenvalue weighted by Gasteiger charge is -2.23. The lowest BCUT2D eigenvalue weighted by atomic mass is 10.1. The Kier molecular flexibility index (Phi) is 32.8. The predicted octanol–water partition coefficient (Wildman–Crippen LogP) is 0.686. The normalized spacial score (nSPS) is 29.1. The van der Waals surface area contributed by atoms with Gasteiger partial charge in [0.05, 0.1) is 53.3 Å². The van der Waals surface area contributed by atoms with Gasteiger partial charge in [-0.1, -0.05) is 22.7 Å². The minimum atomic E-state index is -1.43. The Bertz CT molecular complexity index is 4100. The van der Waals surface area contributed by atoms with Gasteiger partial charge in [0.1, 0.15) is 93.6 Å². The zero-order valence-corrected chi connectivity index (χ0v) is 66.2. The van der Waals surface area contributed by atoms with E-state index in [-0.39, 0.29) is 81.1 Å². The van der Waals surface area contributed by atoms with Crippen LogP contribution in [0, 0.1) is 0 Å². The average molecular weight is 1670 g/mol. The van der Waals surface area contributed by atoms with Crippen LogP contribution in [0.3, 0.4) is 0 Å². The van der Waals surface area contributed by atoms with Crippen molar-refractivity contribution in [2.75, 3.05) is 51.1 Å². The Hall–Kier alpha value is -8.99. The van der Waals surface area contributed by atoms with Gasteiger partial charge in [0, 0.05) is 34.6 Å². The number of aliphatic hydroxyl groups excluding tert-OH is 5. The third-order valence-electron chi connectivity index (χ3n) is 15.8. The molecule has 114 heavy (non-hydrogen) atoms. The molecule has 1 unspecified atom stereocenters. The summed E-state index contributed by atoms with van der Waals surface area (Å²) in [6.45, 7) is 23.0. The third kappa shape index (κ3) is 25.3. The van der Waals surface area contributed by atoms with Crippen molar-refractivity contribution in [2.24, 2.45) is 0 Å². The first-order chi connectivity index (χ1) is 53.4. The number of fused-ring (bicyclic) bond motifs is 4. The van der Waals surface area contributed by atoms with Crippen LogP contribution in [-0.2, 0) is 128 Å². The van der Waals surface area contributed by atoms with Crippen molar-refractivity contribution >= 4 is 110 Å². The van der Waals surface area contributed by atoms with Gasteiger partial charge >= 0.3 is 64.2 Å². The molecule has 48 heteroatoms. The third-order valence-corrected chi connectivity index (χ3v) is 17.5. The van der Waals surface area contributed by atoms with Gasteiger partial charge < -0.3 is 141 Å². The van der Waals surface area contributed by atoms with Crippen molar-refractivity contribution in [3.8, 4) is 0 Å². The van der Waals surface area contributed by atoms with Crippen LogP contribution in [0.2, 0.25) is 0 Å². The second-order valence-electron chi connectivity index (χ2n) is 27.0. The molecule has 7 aliphatic rings. The molecular weight excluding hydrogens is 1580 g/mol. The van der Waals surface area contributed by atoms with Crippen molar-refractivity contribution in [1.82, 2.24) is 29.1 Å². The Morgan fingerprint density at radius 2 is 0.825 bits per heavy atom. The topological polar surface area (TPSA) is 605 Å². The van der Waals surface area contributed by atoms with Gasteiger partial charge in [0.15, 0.2) is 66.2 Å². The number of thiazole rings is 2. The smallest absolute Gasteiger partial charge is 0.455 e. The molecule has 7 saturated heterocycles. The molecule has 0 aliphatic carbocycles. The van der Waals surface area contributed by atoms with E-state index in [1.165, 1.54) is 12.4 Å². The maximum atomic E-state index is 12.7. The summed E-state index contributed by atoms with van der Waals surface area (Å²) in [5, 5.41) is 48.9. The minimum absolute atomic E-state index is 0.0478. The van der Waals surface area contributed by atoms with Crippen LogP contribution in [0.4, 0.5) is 31.1 Å². The molecule has 0 spiro atoms. The van der Waals surface area contributed by atoms with E-state index < -0.39 is 199 Å². The molecule has 638 valence electrons. The van der Waals surface area contributed by atoms with E-state index in [0.29, 0.717) is 9.40 Å². The molecule has 20 atom stereocenters. The van der Waals surface area contributed by atoms with Gasteiger partial charge in [-0.25, -0.2) is 29.1 Å². The number of hydrogen-bond donors (Lipinski definition) is 7. The number of carbonyl (C=O) groups excluding carboxylic acids is 9. The predicted molar refractivity (Wildman–Crippen MR) is 377 cm³/mol. The standard InChI is InChI=1S/C17H20N4O9S.C15H22O10.C14H18N4O7S.C12H20O7.C8H14O5/c1-4-26-17(25)27-6-9-11(28-7(2)22)12(29-8(3)23)14(30-9)21-13-10(31-16(21)24)5-19-15(18)20-13;1-7(2)21-15(19)20-6-11-12(22-8(3)16)13(23-9(4)17)14(25-11)24-10(5)18;1-5(2)24-14(22)23-4-6-8(19)9(20)11(25-6)18-10-7(26-13(18)21)3-16-12(15)17-10;1-6(2)16-11(14)15-5-7-8(13)9-10(17-7)19-12(3,4)18-9;1-8(2)12-6-5(10)4(3-9)11-7(6)13-8/h5,9,11-12,14H,4,6H2,1-3H3,(H2,18,19,20);7,11-14H,6H2,1-5H3;3,5-6,8-9,11,19-20H,4H2,1-2H3,(H2,15,16,17);6-10,13H,5H2,1-4H3;4-7,9-10H,3H2,1-2H3/t9-,11+,12-,14-;11-,12+,13-,14?;6-,8+,9-,11-;7-,8+,9-,10-;4-,5+,6-,7-/m11111/s1. The van der Waals surface area contributed by atoms with E-state index in [2.05, 4.69) is 19.9 Å². The summed E-state index contributed by atoms with van der Waals surface area (Å²) in [6, 6.07) is 0. The number of carbonyl (C=O) groups is 9. The molecule has 0 aromatic carbocycles. The number of esters is 5. The summed E-state index contributed by atoms with van der Waals surface area (Å²) in [6.07, 6.45) is -21.5. The second kappa shape index (κ2) is 40.5. The van der Waals surface area contributed by atoms with Gasteiger partial charge in [-0.15, -0.1) is 0 Å². The van der Waals surface area contributed by atoms with E-state index in [1.807, 2.05) is 0 Å². The van der Waals surface area contributed by atoms with Gasteiger partial charge in [-0.2, -0.15) is 9.97 Å². The maximum absolute atomic E-state index is 12.7. The van der Waals surface area contributed by atoms with E-state index in [1.54, 1.807) is 76.2 Å². The van der Waals surface area contributed by atoms with Gasteiger partial charge in [-0.3, -0.25) is 42.7 Å². The molecule has 0 bridgehead atoms. The Labute approximate surface area is 655 Å². The highest BCUT2D eigenvalue weighted by Gasteiger charge is 2.57. The van der Waals surface area contributed by atoms with E-state index in [9.17, 15) is 73.2 Å². The number of anilines is 2. The number of aliphatic hydroxyl groups is 5. The Balaban J connectivity index is 0.000000202. The summed E-state index contributed by atoms with van der Waals surface area (Å²) in [5.74, 6) is -5.08. The van der Waals surface area contributed by atoms with Crippen molar-refractivity contribution < 1.29 is 173 Å². The van der Waals surface area contributed by atoms with Crippen LogP contribution in [-0.4, -0.2) is 289 Å². The molecule has 46 nitrogen and oxygen atoms in total. The molecule has 4 aromatic rings. The van der Waals surface area contributed by atoms with Crippen molar-refractivity contribution in [2.45, 2.75) is 264 Å². The first-order valence-corrected chi connectivity index (χ1v) is 36.8. The molecule has 11 rings (SSSR count). The van der Waals surface area contributed by atoms with E-state index in [4.69, 9.17) is 121 Å².